The van der Waals surface area contributed by atoms with Crippen LogP contribution in [0.1, 0.15) is 25.0 Å². The average Bonchev–Trinajstić information content (AvgIpc) is 3.64. The summed E-state index contributed by atoms with van der Waals surface area (Å²) in [7, 11) is 0. The maximum atomic E-state index is 2.50. The van der Waals surface area contributed by atoms with Gasteiger partial charge in [0.15, 0.2) is 0 Å². The summed E-state index contributed by atoms with van der Waals surface area (Å²) in [5.74, 6) is 0. The van der Waals surface area contributed by atoms with Crippen molar-refractivity contribution in [2.24, 2.45) is 0 Å². The molecule has 68 heavy (non-hydrogen) atoms. The van der Waals surface area contributed by atoms with E-state index in [9.17, 15) is 0 Å². The molecule has 0 N–H and O–H groups in total. The van der Waals surface area contributed by atoms with Crippen LogP contribution in [0.2, 0.25) is 0 Å². The van der Waals surface area contributed by atoms with Crippen LogP contribution in [-0.4, -0.2) is 0 Å². The van der Waals surface area contributed by atoms with Gasteiger partial charge in [-0.1, -0.05) is 238 Å². The first kappa shape index (κ1) is 40.9. The molecule has 0 fully saturated rings. The number of nitrogens with zero attached hydrogens (tertiary/aromatic N) is 1. The fourth-order valence-corrected chi connectivity index (χ4v) is 10.7. The molecule has 0 saturated carbocycles. The number of anilines is 3. The monoisotopic (exact) mass is 867 g/mol. The molecule has 0 spiro atoms. The first-order valence-corrected chi connectivity index (χ1v) is 23.7. The molecule has 11 aromatic rings. The van der Waals surface area contributed by atoms with E-state index in [4.69, 9.17) is 0 Å². The van der Waals surface area contributed by atoms with Crippen molar-refractivity contribution in [3.05, 3.63) is 272 Å². The summed E-state index contributed by atoms with van der Waals surface area (Å²) in [5.41, 5.74) is 22.8. The largest absolute Gasteiger partial charge is 0.309 e. The van der Waals surface area contributed by atoms with Crippen molar-refractivity contribution < 1.29 is 0 Å². The van der Waals surface area contributed by atoms with Gasteiger partial charge in [0.1, 0.15) is 0 Å². The molecular weight excluding hydrogens is 819 g/mol. The second-order valence-corrected chi connectivity index (χ2v) is 18.4. The van der Waals surface area contributed by atoms with E-state index in [1.54, 1.807) is 0 Å². The Morgan fingerprint density at radius 2 is 0.750 bits per heavy atom. The lowest BCUT2D eigenvalue weighted by atomic mass is 9.82. The molecule has 0 heterocycles. The van der Waals surface area contributed by atoms with Gasteiger partial charge < -0.3 is 4.90 Å². The van der Waals surface area contributed by atoms with Gasteiger partial charge in [0.05, 0.1) is 11.4 Å². The average molecular weight is 868 g/mol. The summed E-state index contributed by atoms with van der Waals surface area (Å²) in [6.07, 6.45) is 0. The van der Waals surface area contributed by atoms with E-state index in [2.05, 4.69) is 280 Å². The Morgan fingerprint density at radius 1 is 0.265 bits per heavy atom. The fraction of sp³-hybridized carbons (Fsp3) is 0.0448. The molecular formula is C67H49N. The summed E-state index contributed by atoms with van der Waals surface area (Å²) in [5, 5.41) is 2.51. The van der Waals surface area contributed by atoms with E-state index in [-0.39, 0.29) is 5.41 Å². The quantitative estimate of drug-likeness (QED) is 0.140. The SMILES string of the molecule is CC1(C)c2ccccc2-c2cc(-c3ccccc3N(c3ccc(-c4ccc(-c5ccc6ccccc6c5)cc4)cc3)c3cccc(-c4ccccc4)c3-c3ccccc3-c3ccccc3)ccc21. The van der Waals surface area contributed by atoms with Gasteiger partial charge in [-0.25, -0.2) is 0 Å². The molecule has 0 amide bonds. The summed E-state index contributed by atoms with van der Waals surface area (Å²) in [6, 6.07) is 95.8. The molecule has 1 aliphatic carbocycles. The zero-order chi connectivity index (χ0) is 45.6. The topological polar surface area (TPSA) is 3.24 Å². The molecule has 0 bridgehead atoms. The molecule has 0 aromatic heterocycles. The molecule has 1 heteroatoms. The number of benzene rings is 11. The van der Waals surface area contributed by atoms with Gasteiger partial charge in [-0.05, 0) is 125 Å². The lowest BCUT2D eigenvalue weighted by Crippen LogP contribution is -2.15. The number of hydrogen-bond acceptors (Lipinski definition) is 1. The third-order valence-electron chi connectivity index (χ3n) is 14.1. The Hall–Kier alpha value is -8.52. The lowest BCUT2D eigenvalue weighted by Gasteiger charge is -2.31. The molecule has 1 nitrogen and oxygen atoms in total. The summed E-state index contributed by atoms with van der Waals surface area (Å²) in [4.78, 5) is 2.50. The molecule has 12 rings (SSSR count). The molecule has 0 saturated heterocycles. The standard InChI is InChI=1S/C67H49N/c1-67(2)62-29-15-13-26-59(62)61-45-54(40-43-63(61)67)57-25-14-16-30-64(57)68(55-41-38-48(39-42-55)47-32-34-49(35-33-47)53-37-36-46-18-9-10-23-52(46)44-53)65-31-17-28-58(51-21-7-4-8-22-51)66(65)60-27-12-11-24-56(60)50-19-5-3-6-20-50/h3-45H,1-2H3. The van der Waals surface area contributed by atoms with Crippen LogP contribution in [0.15, 0.2) is 261 Å². The van der Waals surface area contributed by atoms with E-state index < -0.39 is 0 Å². The van der Waals surface area contributed by atoms with Gasteiger partial charge in [0.25, 0.3) is 0 Å². The number of para-hydroxylation sites is 1. The van der Waals surface area contributed by atoms with Crippen LogP contribution in [-0.2, 0) is 5.41 Å². The minimum Gasteiger partial charge on any atom is -0.309 e. The minimum absolute atomic E-state index is 0.0760. The van der Waals surface area contributed by atoms with Crippen LogP contribution in [0.5, 0.6) is 0 Å². The lowest BCUT2D eigenvalue weighted by molar-refractivity contribution is 0.660. The van der Waals surface area contributed by atoms with Crippen LogP contribution in [0.25, 0.3) is 88.7 Å². The Kier molecular flexibility index (Phi) is 10.3. The van der Waals surface area contributed by atoms with E-state index in [1.807, 2.05) is 0 Å². The summed E-state index contributed by atoms with van der Waals surface area (Å²) in [6.45, 7) is 4.70. The van der Waals surface area contributed by atoms with Crippen molar-refractivity contribution in [1.29, 1.82) is 0 Å². The predicted molar refractivity (Wildman–Crippen MR) is 289 cm³/mol. The van der Waals surface area contributed by atoms with Gasteiger partial charge in [0, 0.05) is 22.2 Å². The molecule has 11 aromatic carbocycles. The summed E-state index contributed by atoms with van der Waals surface area (Å²) >= 11 is 0. The van der Waals surface area contributed by atoms with Gasteiger partial charge in [-0.3, -0.25) is 0 Å². The van der Waals surface area contributed by atoms with Crippen molar-refractivity contribution in [1.82, 2.24) is 0 Å². The maximum absolute atomic E-state index is 2.50. The molecule has 0 radical (unpaired) electrons. The number of hydrogen-bond donors (Lipinski definition) is 0. The Morgan fingerprint density at radius 3 is 1.47 bits per heavy atom. The third kappa shape index (κ3) is 7.21. The van der Waals surface area contributed by atoms with E-state index in [0.29, 0.717) is 0 Å². The number of fused-ring (bicyclic) bond motifs is 4. The predicted octanol–water partition coefficient (Wildman–Crippen LogP) is 18.6. The third-order valence-corrected chi connectivity index (χ3v) is 14.1. The zero-order valence-electron chi connectivity index (χ0n) is 38.3. The molecule has 1 aliphatic rings. The normalized spacial score (nSPS) is 12.4. The highest BCUT2D eigenvalue weighted by molar-refractivity contribution is 6.03. The van der Waals surface area contributed by atoms with Crippen LogP contribution < -0.4 is 4.90 Å². The molecule has 0 atom stereocenters. The van der Waals surface area contributed by atoms with Crippen molar-refractivity contribution >= 4 is 27.8 Å². The van der Waals surface area contributed by atoms with Gasteiger partial charge in [-0.15, -0.1) is 0 Å². The van der Waals surface area contributed by atoms with E-state index >= 15 is 0 Å². The second kappa shape index (κ2) is 17.0. The van der Waals surface area contributed by atoms with Crippen LogP contribution in [0, 0.1) is 0 Å². The first-order valence-electron chi connectivity index (χ1n) is 23.7. The van der Waals surface area contributed by atoms with Crippen LogP contribution >= 0.6 is 0 Å². The van der Waals surface area contributed by atoms with Crippen molar-refractivity contribution in [2.75, 3.05) is 4.90 Å². The Labute approximate surface area is 399 Å². The molecule has 0 unspecified atom stereocenters. The Balaban J connectivity index is 1.04. The number of rotatable bonds is 9. The fourth-order valence-electron chi connectivity index (χ4n) is 10.7. The zero-order valence-corrected chi connectivity index (χ0v) is 38.3. The minimum atomic E-state index is -0.0760. The molecule has 322 valence electrons. The van der Waals surface area contributed by atoms with Gasteiger partial charge >= 0.3 is 0 Å². The highest BCUT2D eigenvalue weighted by Crippen LogP contribution is 2.53. The Bertz CT molecular complexity index is 3620. The molecule has 0 aliphatic heterocycles. The van der Waals surface area contributed by atoms with Gasteiger partial charge in [0.2, 0.25) is 0 Å². The van der Waals surface area contributed by atoms with Gasteiger partial charge in [-0.2, -0.15) is 0 Å². The van der Waals surface area contributed by atoms with Crippen molar-refractivity contribution in [3.63, 3.8) is 0 Å². The summed E-state index contributed by atoms with van der Waals surface area (Å²) < 4.78 is 0. The first-order chi connectivity index (χ1) is 33.5. The smallest absolute Gasteiger partial charge is 0.0546 e. The van der Waals surface area contributed by atoms with E-state index in [0.717, 1.165) is 17.1 Å². The van der Waals surface area contributed by atoms with Crippen molar-refractivity contribution in [3.8, 4) is 77.9 Å². The van der Waals surface area contributed by atoms with E-state index in [1.165, 1.54) is 99.8 Å². The highest BCUT2D eigenvalue weighted by atomic mass is 15.1. The second-order valence-electron chi connectivity index (χ2n) is 18.4. The van der Waals surface area contributed by atoms with Crippen LogP contribution in [0.4, 0.5) is 17.1 Å². The highest BCUT2D eigenvalue weighted by Gasteiger charge is 2.35. The van der Waals surface area contributed by atoms with Crippen molar-refractivity contribution in [2.45, 2.75) is 19.3 Å². The van der Waals surface area contributed by atoms with Crippen LogP contribution in [0.3, 0.4) is 0 Å². The maximum Gasteiger partial charge on any atom is 0.0546 e.